The van der Waals surface area contributed by atoms with Crippen molar-refractivity contribution in [2.45, 2.75) is 6.42 Å². The number of aromatic amines is 1. The number of hydrogen-bond acceptors (Lipinski definition) is 3. The topological polar surface area (TPSA) is 67.6 Å². The predicted octanol–water partition coefficient (Wildman–Crippen LogP) is 2.13. The van der Waals surface area contributed by atoms with E-state index in [-0.39, 0.29) is 0 Å². The van der Waals surface area contributed by atoms with Crippen LogP contribution in [0.15, 0.2) is 42.7 Å². The van der Waals surface area contributed by atoms with E-state index in [1.807, 2.05) is 30.3 Å². The zero-order valence-corrected chi connectivity index (χ0v) is 9.22. The van der Waals surface area contributed by atoms with Gasteiger partial charge >= 0.3 is 0 Å². The van der Waals surface area contributed by atoms with Crippen LogP contribution in [0.2, 0.25) is 0 Å². The van der Waals surface area contributed by atoms with Crippen LogP contribution in [0.25, 0.3) is 11.0 Å². The average Bonchev–Trinajstić information content (AvgIpc) is 2.74. The van der Waals surface area contributed by atoms with Gasteiger partial charge in [-0.05, 0) is 23.8 Å². The predicted molar refractivity (Wildman–Crippen MR) is 67.5 cm³/mol. The van der Waals surface area contributed by atoms with E-state index in [1.54, 1.807) is 12.4 Å². The molecule has 0 aliphatic heterocycles. The monoisotopic (exact) mass is 224 g/mol. The van der Waals surface area contributed by atoms with Gasteiger partial charge < -0.3 is 10.7 Å². The van der Waals surface area contributed by atoms with Gasteiger partial charge in [-0.25, -0.2) is 4.98 Å². The highest BCUT2D eigenvalue weighted by molar-refractivity contribution is 5.73. The number of nitrogen functional groups attached to an aromatic ring is 1. The number of H-pyrrole nitrogens is 1. The number of hydrogen-bond donors (Lipinski definition) is 2. The summed E-state index contributed by atoms with van der Waals surface area (Å²) in [6.45, 7) is 0. The summed E-state index contributed by atoms with van der Waals surface area (Å²) in [6, 6.07) is 9.74. The van der Waals surface area contributed by atoms with Gasteiger partial charge in [0.05, 0.1) is 17.2 Å². The highest BCUT2D eigenvalue weighted by atomic mass is 14.9. The van der Waals surface area contributed by atoms with Crippen molar-refractivity contribution in [2.24, 2.45) is 0 Å². The van der Waals surface area contributed by atoms with Gasteiger partial charge in [-0.1, -0.05) is 12.1 Å². The zero-order chi connectivity index (χ0) is 11.7. The number of nitrogens with two attached hydrogens (primary N) is 1. The molecule has 3 aromatic rings. The van der Waals surface area contributed by atoms with Crippen LogP contribution in [0.1, 0.15) is 11.4 Å². The van der Waals surface area contributed by atoms with Crippen LogP contribution in [0.5, 0.6) is 0 Å². The molecule has 3 N–H and O–H groups in total. The Bertz CT molecular complexity index is 607. The van der Waals surface area contributed by atoms with E-state index in [1.165, 1.54) is 5.56 Å². The number of imidazole rings is 1. The molecule has 0 aliphatic rings. The third kappa shape index (κ3) is 1.97. The summed E-state index contributed by atoms with van der Waals surface area (Å²) < 4.78 is 0. The summed E-state index contributed by atoms with van der Waals surface area (Å²) in [6.07, 6.45) is 4.31. The first-order valence-corrected chi connectivity index (χ1v) is 5.44. The van der Waals surface area contributed by atoms with Crippen molar-refractivity contribution < 1.29 is 0 Å². The van der Waals surface area contributed by atoms with Gasteiger partial charge in [0.15, 0.2) is 0 Å². The maximum atomic E-state index is 5.65. The van der Waals surface area contributed by atoms with Crippen LogP contribution < -0.4 is 5.73 Å². The molecule has 0 unspecified atom stereocenters. The van der Waals surface area contributed by atoms with Crippen molar-refractivity contribution >= 4 is 16.7 Å². The molecule has 4 heteroatoms. The molecule has 4 nitrogen and oxygen atoms in total. The van der Waals surface area contributed by atoms with Crippen LogP contribution in [0.3, 0.4) is 0 Å². The largest absolute Gasteiger partial charge is 0.399 e. The van der Waals surface area contributed by atoms with E-state index in [2.05, 4.69) is 15.0 Å². The number of fused-ring (bicyclic) bond motifs is 1. The summed E-state index contributed by atoms with van der Waals surface area (Å²) in [7, 11) is 0. The van der Waals surface area contributed by atoms with Crippen molar-refractivity contribution in [2.75, 3.05) is 5.73 Å². The van der Waals surface area contributed by atoms with Crippen molar-refractivity contribution in [3.05, 3.63) is 54.1 Å². The molecule has 0 radical (unpaired) electrons. The molecule has 2 heterocycles. The molecule has 84 valence electrons. The summed E-state index contributed by atoms with van der Waals surface area (Å²) in [5.41, 5.74) is 9.54. The molecule has 0 saturated heterocycles. The van der Waals surface area contributed by atoms with Gasteiger partial charge in [-0.3, -0.25) is 4.98 Å². The lowest BCUT2D eigenvalue weighted by molar-refractivity contribution is 1.04. The smallest absolute Gasteiger partial charge is 0.111 e. The minimum atomic E-state index is 0.773. The molecular formula is C13H12N4. The Morgan fingerprint density at radius 2 is 1.94 bits per heavy atom. The normalized spacial score (nSPS) is 10.8. The first-order chi connectivity index (χ1) is 8.31. The van der Waals surface area contributed by atoms with Crippen LogP contribution >= 0.6 is 0 Å². The second-order valence-corrected chi connectivity index (χ2v) is 3.99. The van der Waals surface area contributed by atoms with Gasteiger partial charge in [0.25, 0.3) is 0 Å². The molecule has 0 atom stereocenters. The number of nitrogens with one attached hydrogen (secondary N) is 1. The van der Waals surface area contributed by atoms with Crippen LogP contribution in [0, 0.1) is 0 Å². The second-order valence-electron chi connectivity index (χ2n) is 3.99. The van der Waals surface area contributed by atoms with Gasteiger partial charge in [-0.15, -0.1) is 0 Å². The number of benzene rings is 1. The minimum Gasteiger partial charge on any atom is -0.399 e. The fourth-order valence-electron chi connectivity index (χ4n) is 1.82. The van der Waals surface area contributed by atoms with Crippen LogP contribution in [0.4, 0.5) is 5.69 Å². The Hall–Kier alpha value is -2.36. The van der Waals surface area contributed by atoms with E-state index in [4.69, 9.17) is 5.73 Å². The third-order valence-electron chi connectivity index (χ3n) is 2.68. The number of pyridine rings is 1. The Morgan fingerprint density at radius 1 is 1.12 bits per heavy atom. The Morgan fingerprint density at radius 3 is 2.71 bits per heavy atom. The van der Waals surface area contributed by atoms with E-state index in [0.717, 1.165) is 29.0 Å². The lowest BCUT2D eigenvalue weighted by atomic mass is 10.1. The summed E-state index contributed by atoms with van der Waals surface area (Å²) in [4.78, 5) is 11.8. The van der Waals surface area contributed by atoms with E-state index >= 15 is 0 Å². The first-order valence-electron chi connectivity index (χ1n) is 5.44. The zero-order valence-electron chi connectivity index (χ0n) is 9.22. The Labute approximate surface area is 98.5 Å². The molecule has 1 aromatic carbocycles. The fourth-order valence-corrected chi connectivity index (χ4v) is 1.82. The molecule has 0 bridgehead atoms. The quantitative estimate of drug-likeness (QED) is 0.655. The summed E-state index contributed by atoms with van der Waals surface area (Å²) >= 11 is 0. The Kier molecular flexibility index (Phi) is 2.26. The van der Waals surface area contributed by atoms with Gasteiger partial charge in [-0.2, -0.15) is 0 Å². The maximum absolute atomic E-state index is 5.65. The van der Waals surface area contributed by atoms with Crippen molar-refractivity contribution in [1.29, 1.82) is 0 Å². The van der Waals surface area contributed by atoms with Crippen molar-refractivity contribution in [3.63, 3.8) is 0 Å². The molecule has 3 rings (SSSR count). The van der Waals surface area contributed by atoms with Crippen molar-refractivity contribution in [3.8, 4) is 0 Å². The molecule has 17 heavy (non-hydrogen) atoms. The number of anilines is 1. The van der Waals surface area contributed by atoms with E-state index in [0.29, 0.717) is 0 Å². The molecule has 0 amide bonds. The lowest BCUT2D eigenvalue weighted by Gasteiger charge is -1.98. The molecule has 0 saturated carbocycles. The molecule has 0 fully saturated rings. The standard InChI is InChI=1S/C13H12N4/c14-10-3-1-9(2-4-10)7-13-16-11-5-6-15-8-12(11)17-13/h1-6,8H,7,14H2,(H,16,17). The lowest BCUT2D eigenvalue weighted by Crippen LogP contribution is -1.91. The summed E-state index contributed by atoms with van der Waals surface area (Å²) in [5.74, 6) is 0.942. The molecule has 0 spiro atoms. The highest BCUT2D eigenvalue weighted by Crippen LogP contribution is 2.13. The SMILES string of the molecule is Nc1ccc(Cc2nc3ccncc3[nH]2)cc1. The second kappa shape index (κ2) is 3.90. The molecule has 2 aromatic heterocycles. The Balaban J connectivity index is 1.92. The van der Waals surface area contributed by atoms with E-state index < -0.39 is 0 Å². The number of rotatable bonds is 2. The maximum Gasteiger partial charge on any atom is 0.111 e. The molecular weight excluding hydrogens is 212 g/mol. The van der Waals surface area contributed by atoms with Crippen LogP contribution in [-0.2, 0) is 6.42 Å². The minimum absolute atomic E-state index is 0.773. The van der Waals surface area contributed by atoms with Gasteiger partial charge in [0.1, 0.15) is 5.82 Å². The first kappa shape index (κ1) is 9.84. The number of nitrogens with zero attached hydrogens (tertiary/aromatic N) is 2. The van der Waals surface area contributed by atoms with Crippen molar-refractivity contribution in [1.82, 2.24) is 15.0 Å². The van der Waals surface area contributed by atoms with Gasteiger partial charge in [0.2, 0.25) is 0 Å². The fraction of sp³-hybridized carbons (Fsp3) is 0.0769. The van der Waals surface area contributed by atoms with E-state index in [9.17, 15) is 0 Å². The molecule has 0 aliphatic carbocycles. The van der Waals surface area contributed by atoms with Crippen LogP contribution in [-0.4, -0.2) is 15.0 Å². The summed E-state index contributed by atoms with van der Waals surface area (Å²) in [5, 5.41) is 0. The average molecular weight is 224 g/mol. The number of aromatic nitrogens is 3. The third-order valence-corrected chi connectivity index (χ3v) is 2.68. The van der Waals surface area contributed by atoms with Gasteiger partial charge in [0, 0.05) is 18.3 Å². The highest BCUT2D eigenvalue weighted by Gasteiger charge is 2.03.